The van der Waals surface area contributed by atoms with E-state index in [1.807, 2.05) is 18.2 Å². The van der Waals surface area contributed by atoms with Crippen molar-refractivity contribution in [2.75, 3.05) is 38.6 Å². The summed E-state index contributed by atoms with van der Waals surface area (Å²) in [7, 11) is 1.69. The molecule has 1 aromatic heterocycles. The number of hydrogen-bond donors (Lipinski definition) is 2. The zero-order valence-corrected chi connectivity index (χ0v) is 18.2. The van der Waals surface area contributed by atoms with Crippen LogP contribution in [0, 0.1) is 0 Å². The Balaban J connectivity index is 0.00000140. The molecule has 28 heavy (non-hydrogen) atoms. The number of para-hydroxylation sites is 1. The first-order valence-electron chi connectivity index (χ1n) is 9.10. The van der Waals surface area contributed by atoms with E-state index in [9.17, 15) is 4.79 Å². The number of thiazole rings is 1. The van der Waals surface area contributed by atoms with Crippen molar-refractivity contribution < 1.29 is 9.53 Å². The number of nitrogens with zero attached hydrogens (tertiary/aromatic N) is 2. The van der Waals surface area contributed by atoms with E-state index in [0.29, 0.717) is 6.54 Å². The van der Waals surface area contributed by atoms with Crippen molar-refractivity contribution in [3.63, 3.8) is 0 Å². The molecular weight excluding hydrogens is 419 g/mol. The molecule has 0 spiro atoms. The second kappa shape index (κ2) is 10.4. The third kappa shape index (κ3) is 4.96. The minimum absolute atomic E-state index is 0. The molecule has 1 amide bonds. The van der Waals surface area contributed by atoms with Crippen LogP contribution in [-0.2, 0) is 17.6 Å². The Morgan fingerprint density at radius 3 is 2.96 bits per heavy atom. The summed E-state index contributed by atoms with van der Waals surface area (Å²) in [6.07, 6.45) is 3.32. The summed E-state index contributed by atoms with van der Waals surface area (Å²) in [5, 5.41) is 7.16. The van der Waals surface area contributed by atoms with E-state index in [1.165, 1.54) is 17.0 Å². The predicted octanol–water partition coefficient (Wildman–Crippen LogP) is 3.07. The van der Waals surface area contributed by atoms with Crippen molar-refractivity contribution in [1.29, 1.82) is 0 Å². The normalized spacial score (nSPS) is 18.5. The first-order chi connectivity index (χ1) is 12.7. The molecular formula is C19H26Cl2N4O2S. The molecule has 0 bridgehead atoms. The monoisotopic (exact) mass is 444 g/mol. The number of piperazine rings is 1. The molecule has 2 N–H and O–H groups in total. The molecule has 154 valence electrons. The Hall–Kier alpha value is -1.38. The zero-order chi connectivity index (χ0) is 17.9. The SMILES string of the molecule is COc1ccccc1C1CNCCN1CC(=O)Nc1nc2c(s1)CCC2.Cl.Cl. The predicted molar refractivity (Wildman–Crippen MR) is 117 cm³/mol. The van der Waals surface area contributed by atoms with Gasteiger partial charge in [0.15, 0.2) is 5.13 Å². The van der Waals surface area contributed by atoms with Gasteiger partial charge in [-0.1, -0.05) is 18.2 Å². The van der Waals surface area contributed by atoms with Crippen LogP contribution in [0.5, 0.6) is 5.75 Å². The Morgan fingerprint density at radius 1 is 1.36 bits per heavy atom. The first-order valence-corrected chi connectivity index (χ1v) is 9.92. The van der Waals surface area contributed by atoms with E-state index in [1.54, 1.807) is 18.4 Å². The molecule has 0 saturated carbocycles. The number of carbonyl (C=O) groups excluding carboxylic acids is 1. The number of halogens is 2. The molecule has 1 aromatic carbocycles. The fourth-order valence-corrected chi connectivity index (χ4v) is 4.84. The van der Waals surface area contributed by atoms with Crippen LogP contribution in [0.3, 0.4) is 0 Å². The van der Waals surface area contributed by atoms with Gasteiger partial charge in [-0.3, -0.25) is 9.69 Å². The van der Waals surface area contributed by atoms with Crippen LogP contribution >= 0.6 is 36.2 Å². The van der Waals surface area contributed by atoms with Crippen molar-refractivity contribution in [3.8, 4) is 5.75 Å². The molecule has 1 atom stereocenters. The second-order valence-corrected chi connectivity index (χ2v) is 7.81. The fourth-order valence-electron chi connectivity index (χ4n) is 3.77. The van der Waals surface area contributed by atoms with Gasteiger partial charge in [-0.25, -0.2) is 4.98 Å². The van der Waals surface area contributed by atoms with E-state index in [-0.39, 0.29) is 36.8 Å². The van der Waals surface area contributed by atoms with Crippen LogP contribution in [0.1, 0.15) is 28.6 Å². The van der Waals surface area contributed by atoms with E-state index in [4.69, 9.17) is 4.74 Å². The van der Waals surface area contributed by atoms with Crippen molar-refractivity contribution in [3.05, 3.63) is 40.4 Å². The van der Waals surface area contributed by atoms with Gasteiger partial charge in [-0.2, -0.15) is 0 Å². The van der Waals surface area contributed by atoms with Gasteiger partial charge in [0.05, 0.1) is 25.4 Å². The van der Waals surface area contributed by atoms with E-state index in [0.717, 1.165) is 48.9 Å². The molecule has 0 radical (unpaired) electrons. The van der Waals surface area contributed by atoms with Gasteiger partial charge >= 0.3 is 0 Å². The largest absolute Gasteiger partial charge is 0.496 e. The zero-order valence-electron chi connectivity index (χ0n) is 15.8. The van der Waals surface area contributed by atoms with E-state index >= 15 is 0 Å². The van der Waals surface area contributed by atoms with Crippen LogP contribution in [0.4, 0.5) is 5.13 Å². The third-order valence-electron chi connectivity index (χ3n) is 5.04. The van der Waals surface area contributed by atoms with Gasteiger partial charge < -0.3 is 15.4 Å². The number of aryl methyl sites for hydroxylation is 2. The lowest BCUT2D eigenvalue weighted by atomic mass is 10.0. The highest BCUT2D eigenvalue weighted by molar-refractivity contribution is 7.15. The lowest BCUT2D eigenvalue weighted by Crippen LogP contribution is -2.48. The van der Waals surface area contributed by atoms with E-state index < -0.39 is 0 Å². The fraction of sp³-hybridized carbons (Fsp3) is 0.474. The molecule has 2 heterocycles. The van der Waals surface area contributed by atoms with Crippen LogP contribution in [0.15, 0.2) is 24.3 Å². The number of nitrogens with one attached hydrogen (secondary N) is 2. The average molecular weight is 445 g/mol. The summed E-state index contributed by atoms with van der Waals surface area (Å²) in [5.74, 6) is 0.863. The molecule has 1 unspecified atom stereocenters. The Bertz CT molecular complexity index is 780. The van der Waals surface area contributed by atoms with Crippen molar-refractivity contribution in [2.45, 2.75) is 25.3 Å². The second-order valence-electron chi connectivity index (χ2n) is 6.72. The highest BCUT2D eigenvalue weighted by Crippen LogP contribution is 2.31. The molecule has 2 aliphatic rings. The summed E-state index contributed by atoms with van der Waals surface area (Å²) in [5.41, 5.74) is 2.28. The average Bonchev–Trinajstić information content (AvgIpc) is 3.23. The summed E-state index contributed by atoms with van der Waals surface area (Å²) in [6, 6.07) is 8.15. The van der Waals surface area contributed by atoms with Gasteiger partial charge in [0.25, 0.3) is 0 Å². The molecule has 1 saturated heterocycles. The minimum atomic E-state index is -0.000721. The maximum Gasteiger partial charge on any atom is 0.240 e. The van der Waals surface area contributed by atoms with Crippen molar-refractivity contribution in [2.24, 2.45) is 0 Å². The number of ether oxygens (including phenoxy) is 1. The number of carbonyl (C=O) groups is 1. The molecule has 4 rings (SSSR count). The maximum atomic E-state index is 12.6. The first kappa shape index (κ1) is 22.9. The number of hydrogen-bond acceptors (Lipinski definition) is 6. The summed E-state index contributed by atoms with van der Waals surface area (Å²) < 4.78 is 5.52. The summed E-state index contributed by atoms with van der Waals surface area (Å²) >= 11 is 1.62. The molecule has 1 fully saturated rings. The van der Waals surface area contributed by atoms with Crippen LogP contribution in [0.2, 0.25) is 0 Å². The molecule has 1 aliphatic heterocycles. The number of amides is 1. The number of fused-ring (bicyclic) bond motifs is 1. The van der Waals surface area contributed by atoms with Gasteiger partial charge in [-0.05, 0) is 25.3 Å². The highest BCUT2D eigenvalue weighted by Gasteiger charge is 2.28. The number of methoxy groups -OCH3 is 1. The smallest absolute Gasteiger partial charge is 0.240 e. The lowest BCUT2D eigenvalue weighted by Gasteiger charge is -2.36. The molecule has 9 heteroatoms. The van der Waals surface area contributed by atoms with Crippen LogP contribution in [-0.4, -0.2) is 49.1 Å². The van der Waals surface area contributed by atoms with Gasteiger partial charge in [0.2, 0.25) is 5.91 Å². The van der Waals surface area contributed by atoms with Crippen LogP contribution in [0.25, 0.3) is 0 Å². The topological polar surface area (TPSA) is 66.5 Å². The Labute approximate surface area is 181 Å². The number of rotatable bonds is 5. The number of anilines is 1. The number of aromatic nitrogens is 1. The van der Waals surface area contributed by atoms with Gasteiger partial charge in [-0.15, -0.1) is 36.2 Å². The number of benzene rings is 1. The van der Waals surface area contributed by atoms with Gasteiger partial charge in [0, 0.05) is 30.1 Å². The van der Waals surface area contributed by atoms with Crippen molar-refractivity contribution in [1.82, 2.24) is 15.2 Å². The maximum absolute atomic E-state index is 12.6. The Kier molecular flexibility index (Phi) is 8.52. The summed E-state index contributed by atoms with van der Waals surface area (Å²) in [4.78, 5) is 20.7. The molecule has 6 nitrogen and oxygen atoms in total. The third-order valence-corrected chi connectivity index (χ3v) is 6.11. The molecule has 2 aromatic rings. The Morgan fingerprint density at radius 2 is 2.18 bits per heavy atom. The minimum Gasteiger partial charge on any atom is -0.496 e. The lowest BCUT2D eigenvalue weighted by molar-refractivity contribution is -0.118. The standard InChI is InChI=1S/C19H24N4O2S.2ClH/c1-25-16-7-3-2-5-13(16)15-11-20-9-10-23(15)12-18(24)22-19-21-14-6-4-8-17(14)26-19;;/h2-3,5,7,15,20H,4,6,8-12H2,1H3,(H,21,22,24);2*1H. The summed E-state index contributed by atoms with van der Waals surface area (Å²) in [6.45, 7) is 2.86. The van der Waals surface area contributed by atoms with E-state index in [2.05, 4.69) is 26.6 Å². The van der Waals surface area contributed by atoms with Gasteiger partial charge in [0.1, 0.15) is 5.75 Å². The quantitative estimate of drug-likeness (QED) is 0.741. The van der Waals surface area contributed by atoms with Crippen molar-refractivity contribution >= 4 is 47.2 Å². The molecule has 1 aliphatic carbocycles. The van der Waals surface area contributed by atoms with Crippen LogP contribution < -0.4 is 15.4 Å². The highest BCUT2D eigenvalue weighted by atomic mass is 35.5.